The van der Waals surface area contributed by atoms with Crippen molar-refractivity contribution in [2.45, 2.75) is 32.7 Å². The molecular formula is C13H17NO4. The second kappa shape index (κ2) is 5.04. The molecule has 5 nitrogen and oxygen atoms in total. The van der Waals surface area contributed by atoms with E-state index < -0.39 is 11.8 Å². The van der Waals surface area contributed by atoms with Crippen LogP contribution in [0.4, 0.5) is 0 Å². The Hall–Kier alpha value is -1.46. The van der Waals surface area contributed by atoms with E-state index in [9.17, 15) is 4.79 Å². The fourth-order valence-electron chi connectivity index (χ4n) is 1.87. The summed E-state index contributed by atoms with van der Waals surface area (Å²) in [5, 5.41) is 0. The number of hydrogen-bond donors (Lipinski definition) is 0. The van der Waals surface area contributed by atoms with Crippen molar-refractivity contribution in [3.63, 3.8) is 0 Å². The molecule has 0 spiro atoms. The molecule has 98 valence electrons. The highest BCUT2D eigenvalue weighted by atomic mass is 16.7. The Kier molecular flexibility index (Phi) is 3.63. The second-order valence-electron chi connectivity index (χ2n) is 4.50. The molecule has 1 saturated heterocycles. The molecular weight excluding hydrogens is 234 g/mol. The maximum Gasteiger partial charge on any atom is 0.357 e. The topological polar surface area (TPSA) is 57.7 Å². The molecule has 0 N–H and O–H groups in total. The van der Waals surface area contributed by atoms with Gasteiger partial charge in [-0.2, -0.15) is 0 Å². The lowest BCUT2D eigenvalue weighted by Gasteiger charge is -2.24. The molecule has 5 heteroatoms. The van der Waals surface area contributed by atoms with Gasteiger partial charge in [-0.05, 0) is 32.9 Å². The third-order valence-electron chi connectivity index (χ3n) is 2.67. The van der Waals surface area contributed by atoms with E-state index in [4.69, 9.17) is 14.2 Å². The monoisotopic (exact) mass is 251 g/mol. The van der Waals surface area contributed by atoms with Crippen molar-refractivity contribution in [2.24, 2.45) is 0 Å². The molecule has 1 aromatic heterocycles. The lowest BCUT2D eigenvalue weighted by atomic mass is 10.1. The van der Waals surface area contributed by atoms with Gasteiger partial charge in [0.1, 0.15) is 0 Å². The summed E-state index contributed by atoms with van der Waals surface area (Å²) in [6, 6.07) is 3.52. The van der Waals surface area contributed by atoms with Crippen LogP contribution in [0.1, 0.15) is 36.8 Å². The van der Waals surface area contributed by atoms with Gasteiger partial charge in [-0.25, -0.2) is 9.78 Å². The highest BCUT2D eigenvalue weighted by molar-refractivity contribution is 5.89. The van der Waals surface area contributed by atoms with Crippen molar-refractivity contribution < 1.29 is 19.0 Å². The second-order valence-corrected chi connectivity index (χ2v) is 4.50. The zero-order valence-electron chi connectivity index (χ0n) is 10.8. The molecule has 2 rings (SSSR count). The Labute approximate surface area is 106 Å². The van der Waals surface area contributed by atoms with E-state index >= 15 is 0 Å². The summed E-state index contributed by atoms with van der Waals surface area (Å²) < 4.78 is 16.3. The summed E-state index contributed by atoms with van der Waals surface area (Å²) in [6.45, 7) is 6.38. The Morgan fingerprint density at radius 1 is 1.44 bits per heavy atom. The van der Waals surface area contributed by atoms with Crippen LogP contribution < -0.4 is 0 Å². The van der Waals surface area contributed by atoms with Gasteiger partial charge < -0.3 is 14.2 Å². The largest absolute Gasteiger partial charge is 0.458 e. The van der Waals surface area contributed by atoms with E-state index in [0.29, 0.717) is 18.8 Å². The molecule has 1 aliphatic rings. The minimum atomic E-state index is -0.917. The number of nitrogens with zero attached hydrogens (tertiary/aromatic N) is 1. The summed E-state index contributed by atoms with van der Waals surface area (Å²) in [6.07, 6.45) is 1.37. The van der Waals surface area contributed by atoms with Gasteiger partial charge in [0.05, 0.1) is 19.3 Å². The zero-order valence-corrected chi connectivity index (χ0v) is 10.8. The van der Waals surface area contributed by atoms with Crippen LogP contribution in [0.3, 0.4) is 0 Å². The molecule has 0 atom stereocenters. The van der Waals surface area contributed by atoms with Crippen LogP contribution in [0.5, 0.6) is 0 Å². The molecule has 1 fully saturated rings. The molecule has 1 aromatic rings. The molecule has 18 heavy (non-hydrogen) atoms. The van der Waals surface area contributed by atoms with Gasteiger partial charge in [-0.3, -0.25) is 0 Å². The number of carbonyl (C=O) groups excluding carboxylic acids is 1. The number of hydrogen-bond acceptors (Lipinski definition) is 5. The van der Waals surface area contributed by atoms with Crippen molar-refractivity contribution in [3.05, 3.63) is 29.6 Å². The van der Waals surface area contributed by atoms with Crippen LogP contribution in [0.25, 0.3) is 0 Å². The van der Waals surface area contributed by atoms with Crippen molar-refractivity contribution in [1.29, 1.82) is 0 Å². The molecule has 0 bridgehead atoms. The van der Waals surface area contributed by atoms with Crippen LogP contribution in [-0.4, -0.2) is 30.3 Å². The van der Waals surface area contributed by atoms with E-state index in [0.717, 1.165) is 0 Å². The minimum absolute atomic E-state index is 0.189. The maximum atomic E-state index is 12.0. The number of rotatable bonds is 3. The van der Waals surface area contributed by atoms with Crippen molar-refractivity contribution in [3.8, 4) is 0 Å². The molecule has 0 saturated carbocycles. The SMILES string of the molecule is CC(C)OC(=O)c1ncccc1C1(C)OCCO1. The van der Waals surface area contributed by atoms with Gasteiger partial charge in [0.15, 0.2) is 11.5 Å². The number of ether oxygens (including phenoxy) is 3. The lowest BCUT2D eigenvalue weighted by molar-refractivity contribution is -0.150. The average Bonchev–Trinajstić information content (AvgIpc) is 2.76. The summed E-state index contributed by atoms with van der Waals surface area (Å²) in [7, 11) is 0. The molecule has 1 aliphatic heterocycles. The standard InChI is InChI=1S/C13H17NO4/c1-9(2)18-12(15)11-10(5-4-6-14-11)13(3)16-7-8-17-13/h4-6,9H,7-8H2,1-3H3. The smallest absolute Gasteiger partial charge is 0.357 e. The first-order chi connectivity index (χ1) is 8.53. The zero-order chi connectivity index (χ0) is 13.2. The maximum absolute atomic E-state index is 12.0. The third-order valence-corrected chi connectivity index (χ3v) is 2.67. The van der Waals surface area contributed by atoms with E-state index in [1.165, 1.54) is 0 Å². The highest BCUT2D eigenvalue weighted by Crippen LogP contribution is 2.32. The van der Waals surface area contributed by atoms with E-state index in [-0.39, 0.29) is 11.8 Å². The van der Waals surface area contributed by atoms with Crippen molar-refractivity contribution >= 4 is 5.97 Å². The van der Waals surface area contributed by atoms with Crippen LogP contribution in [0, 0.1) is 0 Å². The van der Waals surface area contributed by atoms with Gasteiger partial charge in [-0.15, -0.1) is 0 Å². The predicted molar refractivity (Wildman–Crippen MR) is 64.0 cm³/mol. The Morgan fingerprint density at radius 3 is 2.72 bits per heavy atom. The lowest BCUT2D eigenvalue weighted by Crippen LogP contribution is -2.27. The molecule has 0 aliphatic carbocycles. The quantitative estimate of drug-likeness (QED) is 0.767. The van der Waals surface area contributed by atoms with Gasteiger partial charge in [0.25, 0.3) is 0 Å². The molecule has 0 amide bonds. The Balaban J connectivity index is 2.33. The summed E-state index contributed by atoms with van der Waals surface area (Å²) in [4.78, 5) is 16.1. The van der Waals surface area contributed by atoms with E-state index in [1.54, 1.807) is 39.1 Å². The average molecular weight is 251 g/mol. The van der Waals surface area contributed by atoms with Crippen molar-refractivity contribution in [2.75, 3.05) is 13.2 Å². The van der Waals surface area contributed by atoms with Gasteiger partial charge in [0.2, 0.25) is 0 Å². The molecule has 0 radical (unpaired) electrons. The Morgan fingerprint density at radius 2 is 2.11 bits per heavy atom. The Bertz CT molecular complexity index is 438. The van der Waals surface area contributed by atoms with E-state index in [2.05, 4.69) is 4.98 Å². The fourth-order valence-corrected chi connectivity index (χ4v) is 1.87. The predicted octanol–water partition coefficient (Wildman–Crippen LogP) is 1.87. The van der Waals surface area contributed by atoms with Crippen LogP contribution in [0.2, 0.25) is 0 Å². The van der Waals surface area contributed by atoms with Crippen molar-refractivity contribution in [1.82, 2.24) is 4.98 Å². The van der Waals surface area contributed by atoms with E-state index in [1.807, 2.05) is 0 Å². The number of aromatic nitrogens is 1. The summed E-state index contributed by atoms with van der Waals surface area (Å²) in [5.41, 5.74) is 0.851. The van der Waals surface area contributed by atoms with Crippen LogP contribution in [0.15, 0.2) is 18.3 Å². The highest BCUT2D eigenvalue weighted by Gasteiger charge is 2.37. The van der Waals surface area contributed by atoms with Gasteiger partial charge >= 0.3 is 5.97 Å². The number of esters is 1. The molecule has 0 aromatic carbocycles. The minimum Gasteiger partial charge on any atom is -0.458 e. The molecule has 2 heterocycles. The number of pyridine rings is 1. The number of carbonyl (C=O) groups is 1. The van der Waals surface area contributed by atoms with Crippen LogP contribution >= 0.6 is 0 Å². The van der Waals surface area contributed by atoms with Crippen LogP contribution in [-0.2, 0) is 20.0 Å². The molecule has 0 unspecified atom stereocenters. The summed E-state index contributed by atoms with van der Waals surface area (Å²) in [5.74, 6) is -1.37. The normalized spacial score (nSPS) is 18.0. The first-order valence-corrected chi connectivity index (χ1v) is 5.97. The third kappa shape index (κ3) is 2.52. The first kappa shape index (κ1) is 13.0. The van der Waals surface area contributed by atoms with Gasteiger partial charge in [-0.1, -0.05) is 0 Å². The summed E-state index contributed by atoms with van der Waals surface area (Å²) >= 11 is 0. The fraction of sp³-hybridized carbons (Fsp3) is 0.538. The first-order valence-electron chi connectivity index (χ1n) is 5.97. The van der Waals surface area contributed by atoms with Gasteiger partial charge in [0, 0.05) is 11.8 Å².